The molecule has 0 fully saturated rings. The van der Waals surface area contributed by atoms with Gasteiger partial charge in [-0.15, -0.1) is 0 Å². The molecular weight excluding hydrogens is 479 g/mol. The lowest BCUT2D eigenvalue weighted by Gasteiger charge is -2.15. The summed E-state index contributed by atoms with van der Waals surface area (Å²) in [5.41, 5.74) is 0.207. The number of alkyl halides is 3. The summed E-state index contributed by atoms with van der Waals surface area (Å²) in [4.78, 5) is 21.6. The molecule has 3 heterocycles. The summed E-state index contributed by atoms with van der Waals surface area (Å²) in [5, 5.41) is 25.9. The Balaban J connectivity index is 1.88. The number of anilines is 1. The number of halogens is 3. The van der Waals surface area contributed by atoms with Crippen LogP contribution in [0.4, 0.5) is 18.9 Å². The van der Waals surface area contributed by atoms with Crippen molar-refractivity contribution in [2.24, 2.45) is 0 Å². The van der Waals surface area contributed by atoms with Gasteiger partial charge in [0.25, 0.3) is 5.91 Å². The lowest BCUT2D eigenvalue weighted by atomic mass is 10.0. The highest BCUT2D eigenvalue weighted by Crippen LogP contribution is 2.37. The number of benzene rings is 1. The van der Waals surface area contributed by atoms with Gasteiger partial charge in [-0.25, -0.2) is 9.50 Å². The first-order chi connectivity index (χ1) is 17.1. The van der Waals surface area contributed by atoms with Crippen LogP contribution in [0.5, 0.6) is 5.75 Å². The van der Waals surface area contributed by atoms with Crippen LogP contribution in [-0.2, 0) is 6.18 Å². The van der Waals surface area contributed by atoms with Gasteiger partial charge in [-0.2, -0.15) is 18.3 Å². The van der Waals surface area contributed by atoms with E-state index < -0.39 is 30.4 Å². The predicted octanol–water partition coefficient (Wildman–Crippen LogP) is 3.41. The van der Waals surface area contributed by atoms with Crippen molar-refractivity contribution in [2.75, 3.05) is 18.5 Å². The average molecular weight is 501 g/mol. The van der Waals surface area contributed by atoms with Crippen molar-refractivity contribution in [3.05, 3.63) is 71.3 Å². The number of nitrogens with one attached hydrogen (secondary N) is 1. The van der Waals surface area contributed by atoms with Crippen molar-refractivity contribution in [1.82, 2.24) is 19.6 Å². The van der Waals surface area contributed by atoms with E-state index in [2.05, 4.69) is 20.4 Å². The fourth-order valence-electron chi connectivity index (χ4n) is 3.60. The van der Waals surface area contributed by atoms with Gasteiger partial charge < -0.3 is 20.3 Å². The number of aryl methyl sites for hydroxylation is 2. The number of hydrogen-bond donors (Lipinski definition) is 3. The maximum Gasteiger partial charge on any atom is 0.417 e. The number of rotatable bonds is 7. The van der Waals surface area contributed by atoms with Crippen molar-refractivity contribution >= 4 is 17.2 Å². The van der Waals surface area contributed by atoms with Crippen molar-refractivity contribution in [2.45, 2.75) is 26.1 Å². The van der Waals surface area contributed by atoms with Crippen LogP contribution in [0.15, 0.2) is 48.8 Å². The number of nitrogens with zero attached hydrogens (tertiary/aromatic N) is 4. The third-order valence-electron chi connectivity index (χ3n) is 5.22. The van der Waals surface area contributed by atoms with Crippen LogP contribution in [0.2, 0.25) is 0 Å². The molecule has 3 aromatic heterocycles. The number of ether oxygens (including phenoxy) is 1. The van der Waals surface area contributed by atoms with Crippen molar-refractivity contribution in [3.63, 3.8) is 0 Å². The van der Waals surface area contributed by atoms with E-state index in [1.54, 1.807) is 26.1 Å². The second-order valence-electron chi connectivity index (χ2n) is 8.07. The fraction of sp³-hybridized carbons (Fsp3) is 0.250. The van der Waals surface area contributed by atoms with Gasteiger partial charge in [0.2, 0.25) is 0 Å². The summed E-state index contributed by atoms with van der Waals surface area (Å²) in [6.07, 6.45) is -2.83. The Morgan fingerprint density at radius 2 is 1.94 bits per heavy atom. The molecule has 0 saturated carbocycles. The summed E-state index contributed by atoms with van der Waals surface area (Å²) < 4.78 is 47.9. The first-order valence-corrected chi connectivity index (χ1v) is 10.8. The number of amides is 1. The summed E-state index contributed by atoms with van der Waals surface area (Å²) >= 11 is 0. The van der Waals surface area contributed by atoms with Crippen LogP contribution < -0.4 is 10.1 Å². The standard InChI is InChI=1S/C24H22F3N5O4/c1-13-7-15(10-28-9-13)30-23(35)21-14(2)29-22-20(36-12-16(34)11-33)8-19(31-32(21)22)17-5-3-4-6-18(17)24(25,26)27/h3-10,16,33-34H,11-12H2,1-2H3,(H,30,35)/t16-/m1/s1. The van der Waals surface area contributed by atoms with Crippen LogP contribution in [0.1, 0.15) is 27.3 Å². The molecule has 0 unspecified atom stereocenters. The normalized spacial score (nSPS) is 12.5. The molecule has 0 bridgehead atoms. The number of aromatic nitrogens is 4. The highest BCUT2D eigenvalue weighted by Gasteiger charge is 2.34. The molecular formula is C24H22F3N5O4. The molecule has 0 aliphatic carbocycles. The zero-order valence-electron chi connectivity index (χ0n) is 19.2. The largest absolute Gasteiger partial charge is 0.487 e. The molecule has 3 N–H and O–H groups in total. The Morgan fingerprint density at radius 1 is 1.19 bits per heavy atom. The summed E-state index contributed by atoms with van der Waals surface area (Å²) in [6, 6.07) is 7.83. The second-order valence-corrected chi connectivity index (χ2v) is 8.07. The minimum absolute atomic E-state index is 0.0228. The third kappa shape index (κ3) is 5.14. The highest BCUT2D eigenvalue weighted by molar-refractivity contribution is 6.04. The first-order valence-electron chi connectivity index (χ1n) is 10.8. The van der Waals surface area contributed by atoms with Crippen LogP contribution in [0.3, 0.4) is 0 Å². The number of carbonyl (C=O) groups excluding carboxylic acids is 1. The maximum absolute atomic E-state index is 13.7. The molecule has 0 aliphatic rings. The van der Waals surface area contributed by atoms with Crippen molar-refractivity contribution < 1.29 is 32.9 Å². The van der Waals surface area contributed by atoms with E-state index in [0.717, 1.165) is 16.1 Å². The van der Waals surface area contributed by atoms with E-state index >= 15 is 0 Å². The van der Waals surface area contributed by atoms with Crippen molar-refractivity contribution in [1.29, 1.82) is 0 Å². The molecule has 12 heteroatoms. The summed E-state index contributed by atoms with van der Waals surface area (Å²) in [7, 11) is 0. The van der Waals surface area contributed by atoms with Gasteiger partial charge in [0.1, 0.15) is 12.7 Å². The van der Waals surface area contributed by atoms with Gasteiger partial charge in [-0.1, -0.05) is 18.2 Å². The van der Waals surface area contributed by atoms with Crippen molar-refractivity contribution in [3.8, 4) is 17.0 Å². The Labute approximate surface area is 203 Å². The van der Waals surface area contributed by atoms with Gasteiger partial charge >= 0.3 is 6.18 Å². The first kappa shape index (κ1) is 25.1. The molecule has 1 amide bonds. The van der Waals surface area contributed by atoms with E-state index in [4.69, 9.17) is 9.84 Å². The molecule has 9 nitrogen and oxygen atoms in total. The lowest BCUT2D eigenvalue weighted by Crippen LogP contribution is -2.22. The number of aliphatic hydroxyl groups is 2. The van der Waals surface area contributed by atoms with E-state index in [-0.39, 0.29) is 40.6 Å². The molecule has 1 atom stereocenters. The fourth-order valence-corrected chi connectivity index (χ4v) is 3.60. The zero-order chi connectivity index (χ0) is 26.0. The molecule has 36 heavy (non-hydrogen) atoms. The Bertz CT molecular complexity index is 1420. The number of imidazole rings is 1. The maximum atomic E-state index is 13.7. The molecule has 0 saturated heterocycles. The lowest BCUT2D eigenvalue weighted by molar-refractivity contribution is -0.137. The van der Waals surface area contributed by atoms with Gasteiger partial charge in [0, 0.05) is 17.8 Å². The van der Waals surface area contributed by atoms with Crippen LogP contribution in [-0.4, -0.2) is 55.0 Å². The van der Waals surface area contributed by atoms with E-state index in [1.165, 1.54) is 30.5 Å². The second kappa shape index (κ2) is 9.91. The van der Waals surface area contributed by atoms with Crippen LogP contribution >= 0.6 is 0 Å². The zero-order valence-corrected chi connectivity index (χ0v) is 19.2. The number of fused-ring (bicyclic) bond motifs is 1. The molecule has 0 aliphatic heterocycles. The summed E-state index contributed by atoms with van der Waals surface area (Å²) in [5.74, 6) is -0.633. The van der Waals surface area contributed by atoms with Gasteiger partial charge in [-0.05, 0) is 31.5 Å². The van der Waals surface area contributed by atoms with E-state index in [0.29, 0.717) is 5.69 Å². The average Bonchev–Trinajstić information content (AvgIpc) is 3.17. The van der Waals surface area contributed by atoms with Gasteiger partial charge in [-0.3, -0.25) is 9.78 Å². The monoisotopic (exact) mass is 501 g/mol. The minimum atomic E-state index is -4.66. The highest BCUT2D eigenvalue weighted by atomic mass is 19.4. The minimum Gasteiger partial charge on any atom is -0.487 e. The summed E-state index contributed by atoms with van der Waals surface area (Å²) in [6.45, 7) is 2.40. The van der Waals surface area contributed by atoms with Gasteiger partial charge in [0.05, 0.1) is 35.4 Å². The quantitative estimate of drug-likeness (QED) is 0.355. The Morgan fingerprint density at radius 3 is 2.64 bits per heavy atom. The van der Waals surface area contributed by atoms with Gasteiger partial charge in [0.15, 0.2) is 17.1 Å². The molecule has 0 spiro atoms. The molecule has 0 radical (unpaired) electrons. The van der Waals surface area contributed by atoms with Crippen LogP contribution in [0, 0.1) is 13.8 Å². The Hall–Kier alpha value is -4.03. The van der Waals surface area contributed by atoms with E-state index in [1.807, 2.05) is 0 Å². The van der Waals surface area contributed by atoms with Crippen LogP contribution in [0.25, 0.3) is 16.9 Å². The predicted molar refractivity (Wildman–Crippen MR) is 124 cm³/mol. The number of carbonyl (C=O) groups is 1. The third-order valence-corrected chi connectivity index (χ3v) is 5.22. The molecule has 4 rings (SSSR count). The number of aliphatic hydroxyl groups excluding tert-OH is 2. The molecule has 1 aromatic carbocycles. The molecule has 4 aromatic rings. The number of hydrogen-bond acceptors (Lipinski definition) is 7. The molecule has 188 valence electrons. The topological polar surface area (TPSA) is 122 Å². The Kier molecular flexibility index (Phi) is 6.91. The van der Waals surface area contributed by atoms with E-state index in [9.17, 15) is 23.1 Å². The SMILES string of the molecule is Cc1cncc(NC(=O)c2c(C)nc3c(OC[C@H](O)CO)cc(-c4ccccc4C(F)(F)F)nn23)c1. The number of pyridine rings is 1. The smallest absolute Gasteiger partial charge is 0.417 e.